The lowest BCUT2D eigenvalue weighted by molar-refractivity contribution is 0.693. The summed E-state index contributed by atoms with van der Waals surface area (Å²) in [5.74, 6) is 0.549. The molecule has 0 aliphatic carbocycles. The molecule has 0 fully saturated rings. The second kappa shape index (κ2) is 13.2. The molecule has 31 heavy (non-hydrogen) atoms. The van der Waals surface area contributed by atoms with Crippen LogP contribution in [0.15, 0.2) is 121 Å². The zero-order valence-electron chi connectivity index (χ0n) is 18.5. The van der Waals surface area contributed by atoms with Gasteiger partial charge in [-0.1, -0.05) is 135 Å². The molecule has 0 spiro atoms. The Balaban J connectivity index is 0.000000176. The van der Waals surface area contributed by atoms with Crippen molar-refractivity contribution in [1.29, 1.82) is 0 Å². The first-order valence-electron chi connectivity index (χ1n) is 11.2. The molecule has 0 aliphatic heterocycles. The Morgan fingerprint density at radius 2 is 0.871 bits per heavy atom. The maximum atomic E-state index is 3.42. The van der Waals surface area contributed by atoms with Gasteiger partial charge in [-0.3, -0.25) is 0 Å². The van der Waals surface area contributed by atoms with E-state index in [2.05, 4.69) is 121 Å². The summed E-state index contributed by atoms with van der Waals surface area (Å²) >= 11 is 0. The second-order valence-electron chi connectivity index (χ2n) is 7.74. The molecule has 0 saturated carbocycles. The summed E-state index contributed by atoms with van der Waals surface area (Å²) in [7, 11) is 0. The van der Waals surface area contributed by atoms with E-state index in [0.717, 1.165) is 13.1 Å². The van der Waals surface area contributed by atoms with Crippen molar-refractivity contribution in [1.82, 2.24) is 5.32 Å². The molecule has 0 bridgehead atoms. The van der Waals surface area contributed by atoms with Gasteiger partial charge in [-0.2, -0.15) is 0 Å². The van der Waals surface area contributed by atoms with E-state index in [1.807, 2.05) is 12.1 Å². The highest BCUT2D eigenvalue weighted by Gasteiger charge is 2.11. The van der Waals surface area contributed by atoms with Crippen molar-refractivity contribution in [2.24, 2.45) is 0 Å². The molecule has 0 aromatic heterocycles. The molecule has 4 aromatic rings. The Bertz CT molecular complexity index is 871. The van der Waals surface area contributed by atoms with Gasteiger partial charge < -0.3 is 5.32 Å². The van der Waals surface area contributed by atoms with E-state index in [4.69, 9.17) is 0 Å². The third-order valence-electron chi connectivity index (χ3n) is 5.33. The van der Waals surface area contributed by atoms with Crippen molar-refractivity contribution in [3.05, 3.63) is 144 Å². The SMILES string of the molecule is CCCC(c1ccccc1)c1ccccc1.c1ccc(CNCc2ccccc2)cc1. The van der Waals surface area contributed by atoms with Crippen LogP contribution in [0.3, 0.4) is 0 Å². The maximum Gasteiger partial charge on any atom is 0.0208 e. The lowest BCUT2D eigenvalue weighted by Crippen LogP contribution is -2.12. The molecule has 4 rings (SSSR count). The van der Waals surface area contributed by atoms with Crippen LogP contribution < -0.4 is 5.32 Å². The zero-order chi connectivity index (χ0) is 21.6. The van der Waals surface area contributed by atoms with Gasteiger partial charge in [0.2, 0.25) is 0 Å². The lowest BCUT2D eigenvalue weighted by Gasteiger charge is -2.17. The van der Waals surface area contributed by atoms with E-state index < -0.39 is 0 Å². The Morgan fingerprint density at radius 1 is 0.516 bits per heavy atom. The standard InChI is InChI=1S/C16H18.C14H15N/c1-2-9-16(14-10-5-3-6-11-14)15-12-7-4-8-13-15;1-3-7-13(8-4-1)11-15-12-14-9-5-2-6-10-14/h3-8,10-13,16H,2,9H2,1H3;1-10,15H,11-12H2. The number of benzene rings is 4. The van der Waals surface area contributed by atoms with Gasteiger partial charge in [0.15, 0.2) is 0 Å². The average Bonchev–Trinajstić information content (AvgIpc) is 2.85. The summed E-state index contributed by atoms with van der Waals surface area (Å²) in [6.45, 7) is 4.10. The normalized spacial score (nSPS) is 10.4. The molecular formula is C30H33N. The quantitative estimate of drug-likeness (QED) is 0.317. The predicted molar refractivity (Wildman–Crippen MR) is 133 cm³/mol. The first kappa shape index (κ1) is 22.5. The fourth-order valence-electron chi connectivity index (χ4n) is 3.73. The van der Waals surface area contributed by atoms with Gasteiger partial charge in [0.05, 0.1) is 0 Å². The molecule has 0 saturated heterocycles. The first-order chi connectivity index (χ1) is 15.4. The Hall–Kier alpha value is -3.16. The van der Waals surface area contributed by atoms with Crippen LogP contribution in [-0.2, 0) is 13.1 Å². The van der Waals surface area contributed by atoms with Gasteiger partial charge >= 0.3 is 0 Å². The molecule has 158 valence electrons. The van der Waals surface area contributed by atoms with Crippen molar-refractivity contribution < 1.29 is 0 Å². The topological polar surface area (TPSA) is 12.0 Å². The molecule has 0 atom stereocenters. The van der Waals surface area contributed by atoms with Crippen molar-refractivity contribution in [3.63, 3.8) is 0 Å². The maximum absolute atomic E-state index is 3.42. The van der Waals surface area contributed by atoms with Gasteiger partial charge in [0, 0.05) is 19.0 Å². The van der Waals surface area contributed by atoms with Crippen LogP contribution in [0.25, 0.3) is 0 Å². The highest BCUT2D eigenvalue weighted by atomic mass is 14.8. The minimum atomic E-state index is 0.549. The molecule has 0 heterocycles. The van der Waals surface area contributed by atoms with Gasteiger partial charge in [0.1, 0.15) is 0 Å². The predicted octanol–water partition coefficient (Wildman–Crippen LogP) is 7.60. The molecule has 0 amide bonds. The first-order valence-corrected chi connectivity index (χ1v) is 11.2. The fraction of sp³-hybridized carbons (Fsp3) is 0.200. The van der Waals surface area contributed by atoms with Gasteiger partial charge in [0.25, 0.3) is 0 Å². The second-order valence-corrected chi connectivity index (χ2v) is 7.74. The average molecular weight is 408 g/mol. The Morgan fingerprint density at radius 3 is 1.23 bits per heavy atom. The van der Waals surface area contributed by atoms with E-state index in [-0.39, 0.29) is 0 Å². The van der Waals surface area contributed by atoms with Gasteiger partial charge in [-0.05, 0) is 28.7 Å². The summed E-state index contributed by atoms with van der Waals surface area (Å²) in [5, 5.41) is 3.42. The van der Waals surface area contributed by atoms with E-state index in [0.29, 0.717) is 5.92 Å². The van der Waals surface area contributed by atoms with E-state index in [1.54, 1.807) is 0 Å². The third-order valence-corrected chi connectivity index (χ3v) is 5.33. The van der Waals surface area contributed by atoms with Gasteiger partial charge in [-0.25, -0.2) is 0 Å². The van der Waals surface area contributed by atoms with Crippen molar-refractivity contribution in [3.8, 4) is 0 Å². The minimum absolute atomic E-state index is 0.549. The van der Waals surface area contributed by atoms with E-state index in [1.165, 1.54) is 35.1 Å². The number of nitrogens with one attached hydrogen (secondary N) is 1. The number of hydrogen-bond donors (Lipinski definition) is 1. The molecule has 1 nitrogen and oxygen atoms in total. The molecule has 1 heteroatoms. The van der Waals surface area contributed by atoms with E-state index >= 15 is 0 Å². The van der Waals surface area contributed by atoms with Crippen LogP contribution in [-0.4, -0.2) is 0 Å². The third kappa shape index (κ3) is 7.88. The Labute approximate surface area is 187 Å². The summed E-state index contributed by atoms with van der Waals surface area (Å²) < 4.78 is 0. The fourth-order valence-corrected chi connectivity index (χ4v) is 3.73. The van der Waals surface area contributed by atoms with Crippen LogP contribution in [0.2, 0.25) is 0 Å². The van der Waals surface area contributed by atoms with E-state index in [9.17, 15) is 0 Å². The van der Waals surface area contributed by atoms with Crippen molar-refractivity contribution in [2.75, 3.05) is 0 Å². The van der Waals surface area contributed by atoms with Crippen molar-refractivity contribution >= 4 is 0 Å². The zero-order valence-corrected chi connectivity index (χ0v) is 18.5. The molecule has 0 radical (unpaired) electrons. The smallest absolute Gasteiger partial charge is 0.0208 e. The molecule has 4 aromatic carbocycles. The van der Waals surface area contributed by atoms with Crippen molar-refractivity contribution in [2.45, 2.75) is 38.8 Å². The van der Waals surface area contributed by atoms with Crippen LogP contribution in [0.4, 0.5) is 0 Å². The van der Waals surface area contributed by atoms with Gasteiger partial charge in [-0.15, -0.1) is 0 Å². The summed E-state index contributed by atoms with van der Waals surface area (Å²) in [5.41, 5.74) is 5.51. The molecule has 0 unspecified atom stereocenters. The molecule has 1 N–H and O–H groups in total. The summed E-state index contributed by atoms with van der Waals surface area (Å²) in [4.78, 5) is 0. The highest BCUT2D eigenvalue weighted by Crippen LogP contribution is 2.28. The molecule has 0 aliphatic rings. The summed E-state index contributed by atoms with van der Waals surface area (Å²) in [6, 6.07) is 42.5. The minimum Gasteiger partial charge on any atom is -0.309 e. The Kier molecular flexibility index (Phi) is 9.59. The monoisotopic (exact) mass is 407 g/mol. The number of rotatable bonds is 8. The van der Waals surface area contributed by atoms with Crippen LogP contribution in [0.1, 0.15) is 47.9 Å². The summed E-state index contributed by atoms with van der Waals surface area (Å²) in [6.07, 6.45) is 2.43. The molecular weight excluding hydrogens is 374 g/mol. The van der Waals surface area contributed by atoms with Crippen LogP contribution >= 0.6 is 0 Å². The highest BCUT2D eigenvalue weighted by molar-refractivity contribution is 5.32. The van der Waals surface area contributed by atoms with Crippen LogP contribution in [0.5, 0.6) is 0 Å². The lowest BCUT2D eigenvalue weighted by atomic mass is 9.88. The van der Waals surface area contributed by atoms with Crippen LogP contribution in [0, 0.1) is 0 Å². The number of hydrogen-bond acceptors (Lipinski definition) is 1. The largest absolute Gasteiger partial charge is 0.309 e.